The second-order valence-electron chi connectivity index (χ2n) is 7.94. The Morgan fingerprint density at radius 2 is 1.81 bits per heavy atom. The van der Waals surface area contributed by atoms with Crippen molar-refractivity contribution in [2.75, 3.05) is 19.8 Å². The van der Waals surface area contributed by atoms with Crippen molar-refractivity contribution in [1.29, 1.82) is 0 Å². The van der Waals surface area contributed by atoms with Crippen LogP contribution in [0.2, 0.25) is 0 Å². The number of carbonyl (C=O) groups excluding carboxylic acids is 2. The van der Waals surface area contributed by atoms with Crippen molar-refractivity contribution < 1.29 is 14.5 Å². The van der Waals surface area contributed by atoms with Gasteiger partial charge in [0.2, 0.25) is 0 Å². The first-order valence-electron chi connectivity index (χ1n) is 9.44. The van der Waals surface area contributed by atoms with E-state index in [0.29, 0.717) is 6.67 Å². The summed E-state index contributed by atoms with van der Waals surface area (Å²) in [5.74, 6) is 0.591. The Balaban J connectivity index is 1.58. The standard InChI is InChI=1S/C21H25N3O2/c1-15-9-11-23(12-10-15)14-24-19(25)21(2,22-20(24)26)18-8-7-16-5-3-4-6-17(16)13-18/h3-8,13,15H,9-12,14H2,1-2H3,(H,22,26)/p+1/t21-/m1/s1. The molecule has 0 unspecified atom stereocenters. The van der Waals surface area contributed by atoms with Crippen molar-refractivity contribution in [2.24, 2.45) is 5.92 Å². The van der Waals surface area contributed by atoms with E-state index in [2.05, 4.69) is 12.2 Å². The van der Waals surface area contributed by atoms with Crippen LogP contribution in [0.1, 0.15) is 32.3 Å². The van der Waals surface area contributed by atoms with E-state index in [1.807, 2.05) is 49.4 Å². The average Bonchev–Trinajstić information content (AvgIpc) is 2.87. The summed E-state index contributed by atoms with van der Waals surface area (Å²) >= 11 is 0. The minimum absolute atomic E-state index is 0.149. The van der Waals surface area contributed by atoms with E-state index in [0.717, 1.165) is 48.2 Å². The lowest BCUT2D eigenvalue weighted by molar-refractivity contribution is -0.913. The fourth-order valence-electron chi connectivity index (χ4n) is 4.09. The summed E-state index contributed by atoms with van der Waals surface area (Å²) in [6, 6.07) is 13.7. The molecular weight excluding hydrogens is 326 g/mol. The normalized spacial score (nSPS) is 29.2. The zero-order valence-corrected chi connectivity index (χ0v) is 15.4. The summed E-state index contributed by atoms with van der Waals surface area (Å²) in [7, 11) is 0. The number of benzene rings is 2. The van der Waals surface area contributed by atoms with Crippen molar-refractivity contribution in [1.82, 2.24) is 10.2 Å². The van der Waals surface area contributed by atoms with E-state index >= 15 is 0 Å². The lowest BCUT2D eigenvalue weighted by Gasteiger charge is -2.29. The highest BCUT2D eigenvalue weighted by atomic mass is 16.2. The van der Waals surface area contributed by atoms with Gasteiger partial charge in [0.15, 0.2) is 6.67 Å². The van der Waals surface area contributed by atoms with Gasteiger partial charge in [0, 0.05) is 0 Å². The van der Waals surface area contributed by atoms with Crippen LogP contribution >= 0.6 is 0 Å². The molecule has 4 rings (SSSR count). The summed E-state index contributed by atoms with van der Waals surface area (Å²) in [5, 5.41) is 5.13. The number of fused-ring (bicyclic) bond motifs is 1. The van der Waals surface area contributed by atoms with E-state index in [-0.39, 0.29) is 11.9 Å². The monoisotopic (exact) mass is 352 g/mol. The van der Waals surface area contributed by atoms with Crippen molar-refractivity contribution in [3.63, 3.8) is 0 Å². The fourth-order valence-corrected chi connectivity index (χ4v) is 4.09. The molecule has 2 aromatic rings. The number of hydrogen-bond acceptors (Lipinski definition) is 2. The molecule has 2 N–H and O–H groups in total. The van der Waals surface area contributed by atoms with Gasteiger partial charge in [0.25, 0.3) is 5.91 Å². The molecule has 0 bridgehead atoms. The molecule has 0 saturated carbocycles. The molecule has 2 aliphatic heterocycles. The minimum atomic E-state index is -0.996. The van der Waals surface area contributed by atoms with Crippen molar-refractivity contribution in [3.8, 4) is 0 Å². The van der Waals surface area contributed by atoms with Gasteiger partial charge in [-0.2, -0.15) is 0 Å². The molecule has 26 heavy (non-hydrogen) atoms. The zero-order chi connectivity index (χ0) is 18.3. The van der Waals surface area contributed by atoms with E-state index in [4.69, 9.17) is 0 Å². The summed E-state index contributed by atoms with van der Waals surface area (Å²) in [5.41, 5.74) is -0.164. The van der Waals surface area contributed by atoms with Gasteiger partial charge in [-0.15, -0.1) is 0 Å². The van der Waals surface area contributed by atoms with Gasteiger partial charge in [-0.05, 0) is 48.1 Å². The Bertz CT molecular complexity index is 857. The van der Waals surface area contributed by atoms with Gasteiger partial charge in [-0.1, -0.05) is 43.3 Å². The maximum atomic E-state index is 13.1. The molecule has 0 radical (unpaired) electrons. The van der Waals surface area contributed by atoms with Gasteiger partial charge in [0.1, 0.15) is 5.54 Å². The highest BCUT2D eigenvalue weighted by molar-refractivity contribution is 6.07. The largest absolute Gasteiger partial charge is 0.329 e. The van der Waals surface area contributed by atoms with Crippen LogP contribution in [0.25, 0.3) is 10.8 Å². The molecular formula is C21H26N3O2+. The molecule has 5 heteroatoms. The molecule has 3 amide bonds. The molecule has 0 aliphatic carbocycles. The van der Waals surface area contributed by atoms with Gasteiger partial charge in [-0.25, -0.2) is 9.69 Å². The SMILES string of the molecule is CC1CC[NH+](CN2C(=O)N[C@](C)(c3ccc4ccccc4c3)C2=O)CC1. The smallest absolute Gasteiger partial charge is 0.319 e. The average molecular weight is 352 g/mol. The van der Waals surface area contributed by atoms with Crippen LogP contribution in [0.3, 0.4) is 0 Å². The Labute approximate surface area is 154 Å². The molecule has 5 nitrogen and oxygen atoms in total. The van der Waals surface area contributed by atoms with Gasteiger partial charge in [0.05, 0.1) is 13.1 Å². The third-order valence-electron chi connectivity index (χ3n) is 5.96. The number of urea groups is 1. The fraction of sp³-hybridized carbons (Fsp3) is 0.429. The quantitative estimate of drug-likeness (QED) is 0.829. The van der Waals surface area contributed by atoms with E-state index in [1.165, 1.54) is 9.80 Å². The van der Waals surface area contributed by atoms with Crippen LogP contribution in [-0.4, -0.2) is 36.6 Å². The van der Waals surface area contributed by atoms with Crippen molar-refractivity contribution in [2.45, 2.75) is 32.2 Å². The first-order valence-corrected chi connectivity index (χ1v) is 9.44. The van der Waals surface area contributed by atoms with Crippen LogP contribution in [0.4, 0.5) is 4.79 Å². The van der Waals surface area contributed by atoms with E-state index in [9.17, 15) is 9.59 Å². The first-order chi connectivity index (χ1) is 12.5. The number of hydrogen-bond donors (Lipinski definition) is 2. The predicted molar refractivity (Wildman–Crippen MR) is 101 cm³/mol. The van der Waals surface area contributed by atoms with Crippen molar-refractivity contribution in [3.05, 3.63) is 48.0 Å². The summed E-state index contributed by atoms with van der Waals surface area (Å²) < 4.78 is 0. The number of nitrogens with one attached hydrogen (secondary N) is 2. The molecule has 1 atom stereocenters. The zero-order valence-electron chi connectivity index (χ0n) is 15.4. The van der Waals surface area contributed by atoms with Crippen LogP contribution in [0, 0.1) is 5.92 Å². The van der Waals surface area contributed by atoms with Crippen molar-refractivity contribution >= 4 is 22.7 Å². The topological polar surface area (TPSA) is 53.9 Å². The third kappa shape index (κ3) is 2.86. The Hall–Kier alpha value is -2.40. The second kappa shape index (κ2) is 6.40. The lowest BCUT2D eigenvalue weighted by Crippen LogP contribution is -3.14. The van der Waals surface area contributed by atoms with Crippen LogP contribution < -0.4 is 10.2 Å². The second-order valence-corrected chi connectivity index (χ2v) is 7.94. The molecule has 0 spiro atoms. The highest BCUT2D eigenvalue weighted by Crippen LogP contribution is 2.30. The van der Waals surface area contributed by atoms with Gasteiger partial charge in [-0.3, -0.25) is 4.79 Å². The Morgan fingerprint density at radius 3 is 2.54 bits per heavy atom. The third-order valence-corrected chi connectivity index (χ3v) is 5.96. The number of carbonyl (C=O) groups is 2. The van der Waals surface area contributed by atoms with Crippen LogP contribution in [0.15, 0.2) is 42.5 Å². The summed E-state index contributed by atoms with van der Waals surface area (Å²) in [6.07, 6.45) is 2.31. The molecule has 136 valence electrons. The summed E-state index contributed by atoms with van der Waals surface area (Å²) in [6.45, 7) is 6.57. The number of imide groups is 1. The molecule has 2 fully saturated rings. The Morgan fingerprint density at radius 1 is 1.12 bits per heavy atom. The first kappa shape index (κ1) is 17.0. The molecule has 2 heterocycles. The molecule has 2 saturated heterocycles. The predicted octanol–water partition coefficient (Wildman–Crippen LogP) is 1.88. The number of rotatable bonds is 3. The number of piperidine rings is 1. The summed E-state index contributed by atoms with van der Waals surface area (Å²) in [4.78, 5) is 28.4. The van der Waals surface area contributed by atoms with E-state index in [1.54, 1.807) is 0 Å². The van der Waals surface area contributed by atoms with E-state index < -0.39 is 5.54 Å². The molecule has 0 aromatic heterocycles. The number of quaternary nitrogens is 1. The van der Waals surface area contributed by atoms with Crippen LogP contribution in [-0.2, 0) is 10.3 Å². The maximum Gasteiger partial charge on any atom is 0.329 e. The van der Waals surface area contributed by atoms with Gasteiger partial charge < -0.3 is 10.2 Å². The maximum absolute atomic E-state index is 13.1. The van der Waals surface area contributed by atoms with Gasteiger partial charge >= 0.3 is 6.03 Å². The number of nitrogens with zero attached hydrogens (tertiary/aromatic N) is 1. The van der Waals surface area contributed by atoms with Crippen LogP contribution in [0.5, 0.6) is 0 Å². The lowest BCUT2D eigenvalue weighted by atomic mass is 9.90. The molecule has 2 aromatic carbocycles. The minimum Gasteiger partial charge on any atom is -0.319 e. The number of amides is 3. The highest BCUT2D eigenvalue weighted by Gasteiger charge is 2.50. The molecule has 2 aliphatic rings. The Kier molecular flexibility index (Phi) is 4.19. The number of likely N-dealkylation sites (tertiary alicyclic amines) is 1.